The molecule has 1 aromatic heterocycles. The molecule has 0 saturated carbocycles. The lowest BCUT2D eigenvalue weighted by atomic mass is 10.1. The molecule has 0 radical (unpaired) electrons. The zero-order valence-electron chi connectivity index (χ0n) is 14.3. The molecular weight excluding hydrogens is 310 g/mol. The van der Waals surface area contributed by atoms with Gasteiger partial charge in [0.25, 0.3) is 0 Å². The zero-order chi connectivity index (χ0) is 17.2. The fourth-order valence-corrected chi connectivity index (χ4v) is 3.57. The fourth-order valence-electron chi connectivity index (χ4n) is 3.57. The lowest BCUT2D eigenvalue weighted by molar-refractivity contribution is -0.117. The van der Waals surface area contributed by atoms with Crippen LogP contribution in [0.4, 0.5) is 0 Å². The van der Waals surface area contributed by atoms with Crippen LogP contribution < -0.4 is 5.32 Å². The number of nitrogens with one attached hydrogen (secondary N) is 2. The summed E-state index contributed by atoms with van der Waals surface area (Å²) in [5.74, 6) is -0.0549. The van der Waals surface area contributed by atoms with Gasteiger partial charge in [-0.25, -0.2) is 0 Å². The van der Waals surface area contributed by atoms with Crippen molar-refractivity contribution in [3.8, 4) is 0 Å². The van der Waals surface area contributed by atoms with Crippen LogP contribution in [0.3, 0.4) is 0 Å². The number of aromatic amines is 1. The summed E-state index contributed by atoms with van der Waals surface area (Å²) in [4.78, 5) is 12.3. The second kappa shape index (κ2) is 6.55. The highest BCUT2D eigenvalue weighted by Crippen LogP contribution is 2.30. The van der Waals surface area contributed by atoms with E-state index in [0.29, 0.717) is 0 Å². The molecule has 1 aliphatic carbocycles. The largest absolute Gasteiger partial charge is 0.346 e. The Kier molecular flexibility index (Phi) is 4.10. The third-order valence-corrected chi connectivity index (χ3v) is 4.88. The first kappa shape index (κ1) is 15.6. The molecule has 1 amide bonds. The molecule has 4 rings (SSSR count). The minimum absolute atomic E-state index is 0.0549. The Morgan fingerprint density at radius 3 is 3.08 bits per heavy atom. The third kappa shape index (κ3) is 3.07. The van der Waals surface area contributed by atoms with Crippen LogP contribution in [-0.4, -0.2) is 16.1 Å². The second-order valence-electron chi connectivity index (χ2n) is 6.46. The summed E-state index contributed by atoms with van der Waals surface area (Å²) < 4.78 is 0. The van der Waals surface area contributed by atoms with Gasteiger partial charge < -0.3 is 5.32 Å². The number of rotatable bonds is 4. The van der Waals surface area contributed by atoms with E-state index in [9.17, 15) is 4.79 Å². The molecule has 0 bridgehead atoms. The molecule has 2 N–H and O–H groups in total. The van der Waals surface area contributed by atoms with Gasteiger partial charge in [-0.15, -0.1) is 0 Å². The molecule has 1 unspecified atom stereocenters. The molecule has 1 atom stereocenters. The molecular formula is C21H21N3O. The van der Waals surface area contributed by atoms with Gasteiger partial charge in [0, 0.05) is 11.5 Å². The van der Waals surface area contributed by atoms with E-state index in [-0.39, 0.29) is 11.9 Å². The highest BCUT2D eigenvalue weighted by atomic mass is 16.1. The van der Waals surface area contributed by atoms with Gasteiger partial charge in [-0.1, -0.05) is 43.3 Å². The van der Waals surface area contributed by atoms with E-state index in [1.54, 1.807) is 6.08 Å². The number of hydrogen-bond acceptors (Lipinski definition) is 2. The van der Waals surface area contributed by atoms with E-state index in [1.165, 1.54) is 11.1 Å². The Bertz CT molecular complexity index is 955. The summed E-state index contributed by atoms with van der Waals surface area (Å²) in [5.41, 5.74) is 5.65. The van der Waals surface area contributed by atoms with E-state index in [1.807, 2.05) is 24.3 Å². The molecule has 4 heteroatoms. The number of carbonyl (C=O) groups excluding carboxylic acids is 1. The van der Waals surface area contributed by atoms with Gasteiger partial charge >= 0.3 is 0 Å². The van der Waals surface area contributed by atoms with Crippen molar-refractivity contribution in [2.75, 3.05) is 0 Å². The van der Waals surface area contributed by atoms with E-state index >= 15 is 0 Å². The molecule has 126 valence electrons. The number of H-pyrrole nitrogens is 1. The first-order chi connectivity index (χ1) is 12.2. The van der Waals surface area contributed by atoms with Crippen molar-refractivity contribution in [1.82, 2.24) is 15.5 Å². The first-order valence-electron chi connectivity index (χ1n) is 8.78. The average Bonchev–Trinajstić information content (AvgIpc) is 3.24. The summed E-state index contributed by atoms with van der Waals surface area (Å²) in [6.45, 7) is 2.09. The Labute approximate surface area is 147 Å². The summed E-state index contributed by atoms with van der Waals surface area (Å²) >= 11 is 0. The van der Waals surface area contributed by atoms with Crippen molar-refractivity contribution >= 4 is 22.9 Å². The molecule has 3 aromatic rings. The summed E-state index contributed by atoms with van der Waals surface area (Å²) in [7, 11) is 0. The van der Waals surface area contributed by atoms with Crippen LogP contribution in [0, 0.1) is 0 Å². The second-order valence-corrected chi connectivity index (χ2v) is 6.46. The number of aryl methyl sites for hydroxylation is 2. The van der Waals surface area contributed by atoms with Crippen molar-refractivity contribution < 1.29 is 4.79 Å². The number of benzene rings is 2. The van der Waals surface area contributed by atoms with Crippen molar-refractivity contribution in [2.45, 2.75) is 32.2 Å². The molecule has 0 spiro atoms. The molecule has 0 saturated heterocycles. The maximum Gasteiger partial charge on any atom is 0.244 e. The SMILES string of the molecule is CCc1n[nH]c2cc(/C=C/C(=O)NC3CCc4ccccc43)ccc12. The normalized spacial score (nSPS) is 16.4. The smallest absolute Gasteiger partial charge is 0.244 e. The van der Waals surface area contributed by atoms with E-state index in [4.69, 9.17) is 0 Å². The number of hydrogen-bond donors (Lipinski definition) is 2. The fraction of sp³-hybridized carbons (Fsp3) is 0.238. The van der Waals surface area contributed by atoms with E-state index < -0.39 is 0 Å². The van der Waals surface area contributed by atoms with Gasteiger partial charge in [-0.2, -0.15) is 5.10 Å². The van der Waals surface area contributed by atoms with Gasteiger partial charge in [0.15, 0.2) is 0 Å². The Balaban J connectivity index is 1.46. The monoisotopic (exact) mass is 331 g/mol. The number of nitrogens with zero attached hydrogens (tertiary/aromatic N) is 1. The van der Waals surface area contributed by atoms with Crippen LogP contribution in [0.2, 0.25) is 0 Å². The lowest BCUT2D eigenvalue weighted by Gasteiger charge is -2.12. The highest BCUT2D eigenvalue weighted by Gasteiger charge is 2.22. The Morgan fingerprint density at radius 1 is 1.32 bits per heavy atom. The molecule has 2 aromatic carbocycles. The van der Waals surface area contributed by atoms with Gasteiger partial charge in [0.05, 0.1) is 17.3 Å². The van der Waals surface area contributed by atoms with Crippen molar-refractivity contribution in [3.05, 3.63) is 70.9 Å². The maximum absolute atomic E-state index is 12.3. The Hall–Kier alpha value is -2.88. The molecule has 1 heterocycles. The summed E-state index contributed by atoms with van der Waals surface area (Å²) in [6.07, 6.45) is 6.36. The lowest BCUT2D eigenvalue weighted by Crippen LogP contribution is -2.25. The number of fused-ring (bicyclic) bond motifs is 2. The van der Waals surface area contributed by atoms with Crippen molar-refractivity contribution in [3.63, 3.8) is 0 Å². The molecule has 1 aliphatic rings. The van der Waals surface area contributed by atoms with Gasteiger partial charge in [-0.05, 0) is 48.1 Å². The third-order valence-electron chi connectivity index (χ3n) is 4.88. The maximum atomic E-state index is 12.3. The topological polar surface area (TPSA) is 57.8 Å². The first-order valence-corrected chi connectivity index (χ1v) is 8.78. The van der Waals surface area contributed by atoms with Crippen molar-refractivity contribution in [2.24, 2.45) is 0 Å². The van der Waals surface area contributed by atoms with E-state index in [2.05, 4.69) is 46.7 Å². The van der Waals surface area contributed by atoms with Crippen LogP contribution >= 0.6 is 0 Å². The molecule has 0 fully saturated rings. The summed E-state index contributed by atoms with van der Waals surface area (Å²) in [5, 5.41) is 11.6. The minimum Gasteiger partial charge on any atom is -0.346 e. The number of amides is 1. The average molecular weight is 331 g/mol. The van der Waals surface area contributed by atoms with Crippen molar-refractivity contribution in [1.29, 1.82) is 0 Å². The van der Waals surface area contributed by atoms with Gasteiger partial charge in [0.2, 0.25) is 5.91 Å². The van der Waals surface area contributed by atoms with Crippen LogP contribution in [0.15, 0.2) is 48.5 Å². The standard InChI is InChI=1S/C21H21N3O/c1-2-18-17-10-7-14(13-20(17)24-23-18)8-12-21(25)22-19-11-9-15-5-3-4-6-16(15)19/h3-8,10,12-13,19H,2,9,11H2,1H3,(H,22,25)(H,23,24)/b12-8+. The van der Waals surface area contributed by atoms with Crippen LogP contribution in [-0.2, 0) is 17.6 Å². The quantitative estimate of drug-likeness (QED) is 0.711. The predicted octanol–water partition coefficient (Wildman–Crippen LogP) is 3.94. The van der Waals surface area contributed by atoms with E-state index in [0.717, 1.165) is 41.4 Å². The van der Waals surface area contributed by atoms with Crippen LogP contribution in [0.5, 0.6) is 0 Å². The summed E-state index contributed by atoms with van der Waals surface area (Å²) in [6, 6.07) is 14.6. The molecule has 4 nitrogen and oxygen atoms in total. The number of carbonyl (C=O) groups is 1. The predicted molar refractivity (Wildman–Crippen MR) is 100 cm³/mol. The number of aromatic nitrogens is 2. The van der Waals surface area contributed by atoms with Gasteiger partial charge in [0.1, 0.15) is 0 Å². The van der Waals surface area contributed by atoms with Crippen LogP contribution in [0.1, 0.15) is 41.8 Å². The molecule has 0 aliphatic heterocycles. The highest BCUT2D eigenvalue weighted by molar-refractivity contribution is 5.93. The Morgan fingerprint density at radius 2 is 2.20 bits per heavy atom. The zero-order valence-corrected chi connectivity index (χ0v) is 14.3. The van der Waals surface area contributed by atoms with Gasteiger partial charge in [-0.3, -0.25) is 9.89 Å². The minimum atomic E-state index is -0.0549. The van der Waals surface area contributed by atoms with Crippen LogP contribution in [0.25, 0.3) is 17.0 Å². The molecule has 25 heavy (non-hydrogen) atoms.